The Hall–Kier alpha value is -2.28. The maximum Gasteiger partial charge on any atom is 0.315 e. The minimum Gasteiger partial charge on any atom is -0.486 e. The largest absolute Gasteiger partial charge is 0.486 e. The van der Waals surface area contributed by atoms with E-state index in [1.165, 1.54) is 11.3 Å². The standard InChI is InChI=1S/C15H17N3O3S/c1-10-9-22-14(18-10)7-17-15(19)16-6-11-8-20-12-4-2-3-5-13(12)21-11/h2-5,9,11H,6-8H2,1H3,(H2,16,17,19). The third-order valence-corrected chi connectivity index (χ3v) is 4.09. The maximum absolute atomic E-state index is 11.8. The highest BCUT2D eigenvalue weighted by Gasteiger charge is 2.20. The molecule has 1 atom stereocenters. The van der Waals surface area contributed by atoms with Crippen LogP contribution in [0.15, 0.2) is 29.6 Å². The van der Waals surface area contributed by atoms with E-state index in [2.05, 4.69) is 15.6 Å². The summed E-state index contributed by atoms with van der Waals surface area (Å²) in [6, 6.07) is 7.26. The first-order valence-electron chi connectivity index (χ1n) is 7.02. The summed E-state index contributed by atoms with van der Waals surface area (Å²) in [5, 5.41) is 8.40. The van der Waals surface area contributed by atoms with Crippen LogP contribution in [0, 0.1) is 6.92 Å². The molecule has 116 valence electrons. The van der Waals surface area contributed by atoms with Crippen LogP contribution in [0.5, 0.6) is 11.5 Å². The minimum atomic E-state index is -0.240. The molecule has 22 heavy (non-hydrogen) atoms. The zero-order valence-electron chi connectivity index (χ0n) is 12.2. The molecule has 0 saturated carbocycles. The highest BCUT2D eigenvalue weighted by atomic mass is 32.1. The lowest BCUT2D eigenvalue weighted by molar-refractivity contribution is 0.0918. The number of amides is 2. The Balaban J connectivity index is 1.42. The molecule has 0 aliphatic carbocycles. The number of fused-ring (bicyclic) bond motifs is 1. The van der Waals surface area contributed by atoms with Gasteiger partial charge in [0.25, 0.3) is 0 Å². The van der Waals surface area contributed by atoms with E-state index in [1.54, 1.807) is 0 Å². The molecule has 0 spiro atoms. The molecule has 7 heteroatoms. The number of aromatic nitrogens is 1. The zero-order valence-corrected chi connectivity index (χ0v) is 13.0. The van der Waals surface area contributed by atoms with Crippen LogP contribution in [0.2, 0.25) is 0 Å². The molecule has 6 nitrogen and oxygen atoms in total. The van der Waals surface area contributed by atoms with Gasteiger partial charge in [0.2, 0.25) is 0 Å². The number of thiazole rings is 1. The number of para-hydroxylation sites is 2. The van der Waals surface area contributed by atoms with Gasteiger partial charge in [0.1, 0.15) is 11.6 Å². The number of hydrogen-bond acceptors (Lipinski definition) is 5. The van der Waals surface area contributed by atoms with Crippen LogP contribution in [0.3, 0.4) is 0 Å². The quantitative estimate of drug-likeness (QED) is 0.905. The molecule has 2 N–H and O–H groups in total. The Bertz CT molecular complexity index is 659. The van der Waals surface area contributed by atoms with E-state index >= 15 is 0 Å². The van der Waals surface area contributed by atoms with Gasteiger partial charge in [-0.15, -0.1) is 11.3 Å². The molecule has 1 aromatic heterocycles. The fraction of sp³-hybridized carbons (Fsp3) is 0.333. The van der Waals surface area contributed by atoms with Crippen molar-refractivity contribution in [3.8, 4) is 11.5 Å². The molecule has 0 radical (unpaired) electrons. The summed E-state index contributed by atoms with van der Waals surface area (Å²) >= 11 is 1.53. The Morgan fingerprint density at radius 3 is 2.95 bits per heavy atom. The molecule has 0 bridgehead atoms. The number of rotatable bonds is 4. The van der Waals surface area contributed by atoms with Crippen molar-refractivity contribution < 1.29 is 14.3 Å². The molecule has 2 amide bonds. The fourth-order valence-electron chi connectivity index (χ4n) is 2.07. The molecule has 1 aliphatic rings. The molecule has 1 unspecified atom stereocenters. The molecule has 0 fully saturated rings. The van der Waals surface area contributed by atoms with Gasteiger partial charge in [0, 0.05) is 11.1 Å². The highest BCUT2D eigenvalue weighted by molar-refractivity contribution is 7.09. The Morgan fingerprint density at radius 1 is 1.36 bits per heavy atom. The van der Waals surface area contributed by atoms with Crippen LogP contribution in [0.4, 0.5) is 4.79 Å². The van der Waals surface area contributed by atoms with Gasteiger partial charge in [-0.25, -0.2) is 9.78 Å². The third-order valence-electron chi connectivity index (χ3n) is 3.12. The summed E-state index contributed by atoms with van der Waals surface area (Å²) in [6.07, 6.45) is -0.192. The molecule has 2 aromatic rings. The lowest BCUT2D eigenvalue weighted by Crippen LogP contribution is -2.44. The number of urea groups is 1. The smallest absolute Gasteiger partial charge is 0.315 e. The molecule has 2 heterocycles. The number of nitrogens with zero attached hydrogens (tertiary/aromatic N) is 1. The number of hydrogen-bond donors (Lipinski definition) is 2. The van der Waals surface area contributed by atoms with E-state index in [1.807, 2.05) is 36.6 Å². The monoisotopic (exact) mass is 319 g/mol. The van der Waals surface area contributed by atoms with Crippen LogP contribution in [0.25, 0.3) is 0 Å². The first-order chi connectivity index (χ1) is 10.7. The highest BCUT2D eigenvalue weighted by Crippen LogP contribution is 2.30. The maximum atomic E-state index is 11.8. The number of nitrogens with one attached hydrogen (secondary N) is 2. The van der Waals surface area contributed by atoms with Crippen LogP contribution in [0.1, 0.15) is 10.7 Å². The lowest BCUT2D eigenvalue weighted by Gasteiger charge is -2.26. The van der Waals surface area contributed by atoms with Crippen molar-refractivity contribution in [1.82, 2.24) is 15.6 Å². The average Bonchev–Trinajstić information content (AvgIpc) is 2.96. The van der Waals surface area contributed by atoms with Gasteiger partial charge in [-0.1, -0.05) is 12.1 Å². The predicted octanol–water partition coefficient (Wildman–Crippen LogP) is 2.09. The SMILES string of the molecule is Cc1csc(CNC(=O)NCC2COc3ccccc3O2)n1. The summed E-state index contributed by atoms with van der Waals surface area (Å²) in [6.45, 7) is 3.16. The number of carbonyl (C=O) groups is 1. The van der Waals surface area contributed by atoms with Gasteiger partial charge in [-0.3, -0.25) is 0 Å². The second-order valence-corrected chi connectivity index (χ2v) is 5.89. The summed E-state index contributed by atoms with van der Waals surface area (Å²) in [5.41, 5.74) is 0.966. The molecule has 0 saturated heterocycles. The van der Waals surface area contributed by atoms with Crippen LogP contribution < -0.4 is 20.1 Å². The van der Waals surface area contributed by atoms with Gasteiger partial charge in [0.05, 0.1) is 13.1 Å². The van der Waals surface area contributed by atoms with E-state index in [0.29, 0.717) is 25.4 Å². The Kier molecular flexibility index (Phi) is 4.43. The van der Waals surface area contributed by atoms with E-state index in [0.717, 1.165) is 16.5 Å². The fourth-order valence-corrected chi connectivity index (χ4v) is 2.78. The Labute approximate surface area is 132 Å². The van der Waals surface area contributed by atoms with Crippen LogP contribution in [-0.4, -0.2) is 30.3 Å². The average molecular weight is 319 g/mol. The summed E-state index contributed by atoms with van der Waals surface area (Å²) in [7, 11) is 0. The van der Waals surface area contributed by atoms with Crippen molar-refractivity contribution in [2.24, 2.45) is 0 Å². The van der Waals surface area contributed by atoms with Crippen molar-refractivity contribution in [2.75, 3.05) is 13.2 Å². The summed E-state index contributed by atoms with van der Waals surface area (Å²) < 4.78 is 11.4. The normalized spacial score (nSPS) is 16.1. The predicted molar refractivity (Wildman–Crippen MR) is 83.4 cm³/mol. The van der Waals surface area contributed by atoms with Gasteiger partial charge in [-0.05, 0) is 19.1 Å². The van der Waals surface area contributed by atoms with Crippen molar-refractivity contribution in [1.29, 1.82) is 0 Å². The van der Waals surface area contributed by atoms with Gasteiger partial charge >= 0.3 is 6.03 Å². The van der Waals surface area contributed by atoms with Crippen molar-refractivity contribution in [3.05, 3.63) is 40.3 Å². The second kappa shape index (κ2) is 6.65. The van der Waals surface area contributed by atoms with Crippen molar-refractivity contribution >= 4 is 17.4 Å². The minimum absolute atomic E-state index is 0.192. The third kappa shape index (κ3) is 3.67. The number of carbonyl (C=O) groups excluding carboxylic acids is 1. The lowest BCUT2D eigenvalue weighted by atomic mass is 10.2. The Morgan fingerprint density at radius 2 is 2.18 bits per heavy atom. The number of ether oxygens (including phenoxy) is 2. The molecular formula is C15H17N3O3S. The van der Waals surface area contributed by atoms with Gasteiger partial charge in [-0.2, -0.15) is 0 Å². The van der Waals surface area contributed by atoms with E-state index in [9.17, 15) is 4.79 Å². The zero-order chi connectivity index (χ0) is 15.4. The summed E-state index contributed by atoms with van der Waals surface area (Å²) in [5.74, 6) is 1.45. The van der Waals surface area contributed by atoms with Crippen molar-refractivity contribution in [2.45, 2.75) is 19.6 Å². The number of benzene rings is 1. The summed E-state index contributed by atoms with van der Waals surface area (Å²) in [4.78, 5) is 16.1. The molecule has 3 rings (SSSR count). The van der Waals surface area contributed by atoms with Gasteiger partial charge in [0.15, 0.2) is 17.6 Å². The first-order valence-corrected chi connectivity index (χ1v) is 7.90. The van der Waals surface area contributed by atoms with E-state index in [4.69, 9.17) is 9.47 Å². The first kappa shape index (κ1) is 14.6. The van der Waals surface area contributed by atoms with E-state index in [-0.39, 0.29) is 12.1 Å². The van der Waals surface area contributed by atoms with Gasteiger partial charge < -0.3 is 20.1 Å². The van der Waals surface area contributed by atoms with Crippen LogP contribution >= 0.6 is 11.3 Å². The molecule has 1 aliphatic heterocycles. The number of aryl methyl sites for hydroxylation is 1. The molecular weight excluding hydrogens is 302 g/mol. The second-order valence-electron chi connectivity index (χ2n) is 4.94. The van der Waals surface area contributed by atoms with E-state index < -0.39 is 0 Å². The topological polar surface area (TPSA) is 72.5 Å². The van der Waals surface area contributed by atoms with Crippen molar-refractivity contribution in [3.63, 3.8) is 0 Å². The molecule has 1 aromatic carbocycles. The van der Waals surface area contributed by atoms with Crippen LogP contribution in [-0.2, 0) is 6.54 Å².